The van der Waals surface area contributed by atoms with Crippen LogP contribution in [0.3, 0.4) is 0 Å². The van der Waals surface area contributed by atoms with Crippen molar-refractivity contribution >= 4 is 5.97 Å². The quantitative estimate of drug-likeness (QED) is 0.870. The molecule has 100 valence electrons. The Balaban J connectivity index is 1.95. The fourth-order valence-electron chi connectivity index (χ4n) is 1.67. The molecule has 1 aromatic carbocycles. The van der Waals surface area contributed by atoms with Gasteiger partial charge in [0.25, 0.3) is 0 Å². The molecule has 1 aromatic heterocycles. The number of carboxylic acid groups (broad SMARTS) is 1. The van der Waals surface area contributed by atoms with Gasteiger partial charge in [-0.1, -0.05) is 12.1 Å². The number of rotatable bonds is 5. The molecule has 0 spiro atoms. The van der Waals surface area contributed by atoms with Crippen LogP contribution in [-0.2, 0) is 6.54 Å². The Morgan fingerprint density at radius 2 is 2.00 bits per heavy atom. The molecule has 1 atom stereocenters. The minimum atomic E-state index is -1.09. The molecule has 0 aliphatic rings. The summed E-state index contributed by atoms with van der Waals surface area (Å²) >= 11 is 0. The van der Waals surface area contributed by atoms with Crippen molar-refractivity contribution in [2.24, 2.45) is 0 Å². The Labute approximate surface area is 109 Å². The molecule has 19 heavy (non-hydrogen) atoms. The molecule has 0 saturated heterocycles. The molecular weight excluding hydrogens is 249 g/mol. The van der Waals surface area contributed by atoms with Crippen LogP contribution in [0.5, 0.6) is 0 Å². The van der Waals surface area contributed by atoms with E-state index in [1.54, 1.807) is 18.2 Å². The smallest absolute Gasteiger partial charge is 0.371 e. The normalized spacial score (nSPS) is 12.3. The average Bonchev–Trinajstić information content (AvgIpc) is 2.87. The molecule has 2 N–H and O–H groups in total. The lowest BCUT2D eigenvalue weighted by molar-refractivity contribution is 0.0659. The van der Waals surface area contributed by atoms with E-state index in [4.69, 9.17) is 9.52 Å². The summed E-state index contributed by atoms with van der Waals surface area (Å²) in [6, 6.07) is 9.12. The van der Waals surface area contributed by atoms with Crippen molar-refractivity contribution in [3.8, 4) is 0 Å². The third-order valence-electron chi connectivity index (χ3n) is 2.79. The number of carboxylic acids is 1. The predicted octanol–water partition coefficient (Wildman–Crippen LogP) is 2.97. The summed E-state index contributed by atoms with van der Waals surface area (Å²) in [5, 5.41) is 11.9. The highest BCUT2D eigenvalue weighted by Gasteiger charge is 2.13. The second kappa shape index (κ2) is 5.67. The summed E-state index contributed by atoms with van der Waals surface area (Å²) in [6.07, 6.45) is 0. The minimum absolute atomic E-state index is 0.0783. The van der Waals surface area contributed by atoms with Crippen molar-refractivity contribution in [1.29, 1.82) is 0 Å². The van der Waals surface area contributed by atoms with E-state index in [1.807, 2.05) is 6.92 Å². The number of benzene rings is 1. The van der Waals surface area contributed by atoms with Crippen LogP contribution < -0.4 is 5.32 Å². The number of furan rings is 1. The number of hydrogen-bond donors (Lipinski definition) is 2. The molecule has 0 aliphatic carbocycles. The molecule has 2 rings (SSSR count). The van der Waals surface area contributed by atoms with Crippen molar-refractivity contribution in [1.82, 2.24) is 5.32 Å². The summed E-state index contributed by atoms with van der Waals surface area (Å²) < 4.78 is 17.9. The number of nitrogens with one attached hydrogen (secondary N) is 1. The van der Waals surface area contributed by atoms with Gasteiger partial charge in [0.05, 0.1) is 6.04 Å². The maximum Gasteiger partial charge on any atom is 0.371 e. The zero-order valence-corrected chi connectivity index (χ0v) is 10.4. The number of carbonyl (C=O) groups is 1. The second-order valence-corrected chi connectivity index (χ2v) is 4.24. The van der Waals surface area contributed by atoms with Gasteiger partial charge in [0.15, 0.2) is 0 Å². The summed E-state index contributed by atoms with van der Waals surface area (Å²) in [7, 11) is 0. The van der Waals surface area contributed by atoms with E-state index in [9.17, 15) is 9.18 Å². The van der Waals surface area contributed by atoms with E-state index in [2.05, 4.69) is 5.32 Å². The van der Waals surface area contributed by atoms with Crippen LogP contribution in [0.15, 0.2) is 40.8 Å². The Kier molecular flexibility index (Phi) is 3.97. The van der Waals surface area contributed by atoms with Crippen molar-refractivity contribution in [2.45, 2.75) is 19.5 Å². The number of halogens is 1. The first-order chi connectivity index (χ1) is 9.06. The van der Waals surface area contributed by atoms with Gasteiger partial charge in [-0.3, -0.25) is 0 Å². The van der Waals surface area contributed by atoms with Crippen molar-refractivity contribution < 1.29 is 18.7 Å². The van der Waals surface area contributed by atoms with Crippen molar-refractivity contribution in [3.63, 3.8) is 0 Å². The van der Waals surface area contributed by atoms with E-state index >= 15 is 0 Å². The van der Waals surface area contributed by atoms with Crippen molar-refractivity contribution in [2.75, 3.05) is 0 Å². The minimum Gasteiger partial charge on any atom is -0.475 e. The zero-order valence-electron chi connectivity index (χ0n) is 10.4. The lowest BCUT2D eigenvalue weighted by Crippen LogP contribution is -2.17. The van der Waals surface area contributed by atoms with Gasteiger partial charge < -0.3 is 14.8 Å². The third kappa shape index (κ3) is 3.42. The Bertz CT molecular complexity index is 562. The van der Waals surface area contributed by atoms with Gasteiger partial charge in [0.1, 0.15) is 11.6 Å². The molecule has 4 nitrogen and oxygen atoms in total. The number of hydrogen-bond acceptors (Lipinski definition) is 3. The molecule has 0 radical (unpaired) electrons. The van der Waals surface area contributed by atoms with Gasteiger partial charge in [-0.05, 0) is 36.8 Å². The van der Waals surface area contributed by atoms with Crippen LogP contribution >= 0.6 is 0 Å². The Morgan fingerprint density at radius 1 is 1.32 bits per heavy atom. The molecule has 0 bridgehead atoms. The SMILES string of the molecule is CC(NCc1ccc(F)cc1)c1ccc(C(=O)O)o1. The summed E-state index contributed by atoms with van der Waals surface area (Å²) in [5.41, 5.74) is 0.943. The van der Waals surface area contributed by atoms with Crippen molar-refractivity contribution in [3.05, 3.63) is 59.3 Å². The molecule has 1 heterocycles. The van der Waals surface area contributed by atoms with Gasteiger partial charge in [0, 0.05) is 6.54 Å². The van der Waals surface area contributed by atoms with Gasteiger partial charge in [-0.2, -0.15) is 0 Å². The van der Waals surface area contributed by atoms with Crippen LogP contribution in [0.2, 0.25) is 0 Å². The highest BCUT2D eigenvalue weighted by Crippen LogP contribution is 2.17. The second-order valence-electron chi connectivity index (χ2n) is 4.24. The Hall–Kier alpha value is -2.14. The predicted molar refractivity (Wildman–Crippen MR) is 67.3 cm³/mol. The van der Waals surface area contributed by atoms with Crippen LogP contribution in [0.25, 0.3) is 0 Å². The maximum atomic E-state index is 12.7. The fraction of sp³-hybridized carbons (Fsp3) is 0.214. The van der Waals surface area contributed by atoms with Crippen LogP contribution in [0.1, 0.15) is 34.8 Å². The van der Waals surface area contributed by atoms with E-state index in [0.29, 0.717) is 12.3 Å². The standard InChI is InChI=1S/C14H14FNO3/c1-9(12-6-7-13(19-12)14(17)18)16-8-10-2-4-11(15)5-3-10/h2-7,9,16H,8H2,1H3,(H,17,18). The van der Waals surface area contributed by atoms with Crippen LogP contribution in [0.4, 0.5) is 4.39 Å². The van der Waals surface area contributed by atoms with Crippen LogP contribution in [-0.4, -0.2) is 11.1 Å². The number of aromatic carboxylic acids is 1. The van der Waals surface area contributed by atoms with Gasteiger partial charge in [-0.15, -0.1) is 0 Å². The summed E-state index contributed by atoms with van der Waals surface area (Å²) in [5.74, 6) is -0.879. The van der Waals surface area contributed by atoms with Gasteiger partial charge in [-0.25, -0.2) is 9.18 Å². The highest BCUT2D eigenvalue weighted by molar-refractivity contribution is 5.84. The first kappa shape index (κ1) is 13.3. The molecule has 0 fully saturated rings. The van der Waals surface area contributed by atoms with E-state index in [1.165, 1.54) is 18.2 Å². The molecule has 0 amide bonds. The molecule has 1 unspecified atom stereocenters. The van der Waals surface area contributed by atoms with Crippen LogP contribution in [0, 0.1) is 5.82 Å². The largest absolute Gasteiger partial charge is 0.475 e. The van der Waals surface area contributed by atoms with Gasteiger partial charge in [0.2, 0.25) is 5.76 Å². The lowest BCUT2D eigenvalue weighted by Gasteiger charge is -2.11. The fourth-order valence-corrected chi connectivity index (χ4v) is 1.67. The molecular formula is C14H14FNO3. The summed E-state index contributed by atoms with van der Waals surface area (Å²) in [4.78, 5) is 10.7. The van der Waals surface area contributed by atoms with E-state index in [-0.39, 0.29) is 17.6 Å². The summed E-state index contributed by atoms with van der Waals surface area (Å²) in [6.45, 7) is 2.42. The molecule has 5 heteroatoms. The average molecular weight is 263 g/mol. The lowest BCUT2D eigenvalue weighted by atomic mass is 10.2. The maximum absolute atomic E-state index is 12.7. The third-order valence-corrected chi connectivity index (χ3v) is 2.79. The molecule has 0 aliphatic heterocycles. The highest BCUT2D eigenvalue weighted by atomic mass is 19.1. The first-order valence-electron chi connectivity index (χ1n) is 5.87. The monoisotopic (exact) mass is 263 g/mol. The molecule has 0 saturated carbocycles. The zero-order chi connectivity index (χ0) is 13.8. The van der Waals surface area contributed by atoms with Gasteiger partial charge >= 0.3 is 5.97 Å². The van der Waals surface area contributed by atoms with E-state index in [0.717, 1.165) is 5.56 Å². The first-order valence-corrected chi connectivity index (χ1v) is 5.87. The molecule has 2 aromatic rings. The topological polar surface area (TPSA) is 62.5 Å². The van der Waals surface area contributed by atoms with E-state index < -0.39 is 5.97 Å². The Morgan fingerprint density at radius 3 is 2.58 bits per heavy atom.